The number of allylic oxidation sites excluding steroid dienone is 5. The number of esters is 1. The highest BCUT2D eigenvalue weighted by Crippen LogP contribution is 2.17. The van der Waals surface area contributed by atoms with E-state index in [0.717, 1.165) is 51.4 Å². The van der Waals surface area contributed by atoms with E-state index >= 15 is 0 Å². The van der Waals surface area contributed by atoms with Crippen LogP contribution in [0.5, 0.6) is 0 Å². The molecule has 0 saturated heterocycles. The van der Waals surface area contributed by atoms with Crippen molar-refractivity contribution in [1.29, 1.82) is 0 Å². The van der Waals surface area contributed by atoms with Crippen molar-refractivity contribution in [2.24, 2.45) is 0 Å². The van der Waals surface area contributed by atoms with Gasteiger partial charge >= 0.3 is 5.97 Å². The van der Waals surface area contributed by atoms with Crippen LogP contribution in [0, 0.1) is 0 Å². The number of nitrogens with one attached hydrogen (secondary N) is 1. The second-order valence-electron chi connectivity index (χ2n) is 21.0. The maximum atomic E-state index is 12.5. The van der Waals surface area contributed by atoms with Crippen molar-refractivity contribution in [1.82, 2.24) is 5.32 Å². The molecular formula is C63H119NO5. The van der Waals surface area contributed by atoms with Crippen molar-refractivity contribution in [3.05, 3.63) is 36.5 Å². The van der Waals surface area contributed by atoms with Crippen LogP contribution in [0.2, 0.25) is 0 Å². The van der Waals surface area contributed by atoms with E-state index in [1.54, 1.807) is 6.08 Å². The van der Waals surface area contributed by atoms with E-state index in [9.17, 15) is 19.8 Å². The SMILES string of the molecule is CCCCCCCCCCCCCCCCCCCCCC/C=C/C(O)C(CO)NC(=O)CC/C=C\C/C=C\CCCCCCCCOC(=O)CCCCCCCCCCCCCCCCCCC. The summed E-state index contributed by atoms with van der Waals surface area (Å²) in [6, 6.07) is -0.673. The molecule has 0 spiro atoms. The number of aliphatic hydroxyl groups is 2. The molecule has 6 nitrogen and oxygen atoms in total. The number of carbonyl (C=O) groups excluding carboxylic acids is 2. The number of hydrogen-bond acceptors (Lipinski definition) is 5. The highest BCUT2D eigenvalue weighted by molar-refractivity contribution is 5.76. The molecule has 0 aliphatic heterocycles. The minimum Gasteiger partial charge on any atom is -0.466 e. The van der Waals surface area contributed by atoms with Gasteiger partial charge in [-0.15, -0.1) is 0 Å². The van der Waals surface area contributed by atoms with Crippen LogP contribution < -0.4 is 5.32 Å². The van der Waals surface area contributed by atoms with E-state index in [0.29, 0.717) is 25.9 Å². The molecule has 0 radical (unpaired) electrons. The number of ether oxygens (including phenoxy) is 1. The van der Waals surface area contributed by atoms with E-state index in [2.05, 4.69) is 37.4 Å². The Bertz CT molecular complexity index is 1120. The first-order valence-corrected chi connectivity index (χ1v) is 30.8. The zero-order valence-electron chi connectivity index (χ0n) is 46.3. The monoisotopic (exact) mass is 970 g/mol. The molecule has 1 amide bonds. The van der Waals surface area contributed by atoms with Crippen LogP contribution in [0.3, 0.4) is 0 Å². The van der Waals surface area contributed by atoms with Crippen molar-refractivity contribution in [3.8, 4) is 0 Å². The quantitative estimate of drug-likeness (QED) is 0.0321. The van der Waals surface area contributed by atoms with Gasteiger partial charge in [0.2, 0.25) is 5.91 Å². The first kappa shape index (κ1) is 67.1. The Balaban J connectivity index is 3.55. The summed E-state index contributed by atoms with van der Waals surface area (Å²) in [6.07, 6.45) is 73.4. The molecule has 0 aliphatic rings. The summed E-state index contributed by atoms with van der Waals surface area (Å²) in [5.74, 6) is -0.160. The van der Waals surface area contributed by atoms with Crippen LogP contribution in [0.15, 0.2) is 36.5 Å². The van der Waals surface area contributed by atoms with Gasteiger partial charge in [-0.25, -0.2) is 0 Å². The number of hydrogen-bond donors (Lipinski definition) is 3. The minimum atomic E-state index is -0.880. The van der Waals surface area contributed by atoms with E-state index in [-0.39, 0.29) is 18.5 Å². The Hall–Kier alpha value is -1.92. The number of rotatable bonds is 57. The lowest BCUT2D eigenvalue weighted by atomic mass is 10.0. The van der Waals surface area contributed by atoms with E-state index < -0.39 is 12.1 Å². The maximum absolute atomic E-state index is 12.5. The fourth-order valence-electron chi connectivity index (χ4n) is 9.45. The predicted molar refractivity (Wildman–Crippen MR) is 301 cm³/mol. The van der Waals surface area contributed by atoms with Gasteiger partial charge in [-0.05, 0) is 51.4 Å². The van der Waals surface area contributed by atoms with Gasteiger partial charge in [0, 0.05) is 12.8 Å². The molecule has 0 bridgehead atoms. The van der Waals surface area contributed by atoms with Crippen LogP contribution in [0.4, 0.5) is 0 Å². The third-order valence-electron chi connectivity index (χ3n) is 14.2. The van der Waals surface area contributed by atoms with Gasteiger partial charge in [0.15, 0.2) is 0 Å². The summed E-state index contributed by atoms with van der Waals surface area (Å²) >= 11 is 0. The normalized spacial score (nSPS) is 12.8. The third-order valence-corrected chi connectivity index (χ3v) is 14.2. The number of unbranched alkanes of at least 4 members (excludes halogenated alkanes) is 42. The molecule has 2 unspecified atom stereocenters. The van der Waals surface area contributed by atoms with Gasteiger partial charge in [-0.3, -0.25) is 9.59 Å². The zero-order chi connectivity index (χ0) is 50.0. The van der Waals surface area contributed by atoms with Gasteiger partial charge in [-0.2, -0.15) is 0 Å². The Morgan fingerprint density at radius 3 is 1.13 bits per heavy atom. The van der Waals surface area contributed by atoms with Crippen LogP contribution in [-0.2, 0) is 14.3 Å². The molecule has 406 valence electrons. The molecule has 2 atom stereocenters. The van der Waals surface area contributed by atoms with Crippen molar-refractivity contribution < 1.29 is 24.5 Å². The molecule has 6 heteroatoms. The van der Waals surface area contributed by atoms with E-state index in [1.807, 2.05) is 12.2 Å². The number of carbonyl (C=O) groups is 2. The lowest BCUT2D eigenvalue weighted by Crippen LogP contribution is -2.45. The van der Waals surface area contributed by atoms with Crippen LogP contribution in [-0.4, -0.2) is 47.4 Å². The van der Waals surface area contributed by atoms with Crippen molar-refractivity contribution >= 4 is 11.9 Å². The van der Waals surface area contributed by atoms with Crippen LogP contribution in [0.1, 0.15) is 328 Å². The summed E-state index contributed by atoms with van der Waals surface area (Å²) in [7, 11) is 0. The van der Waals surface area contributed by atoms with Crippen LogP contribution >= 0.6 is 0 Å². The summed E-state index contributed by atoms with van der Waals surface area (Å²) in [5.41, 5.74) is 0. The molecule has 0 aromatic carbocycles. The Kier molecular flexibility index (Phi) is 57.0. The van der Waals surface area contributed by atoms with Gasteiger partial charge in [0.1, 0.15) is 0 Å². The molecule has 69 heavy (non-hydrogen) atoms. The standard InChI is InChI=1S/C63H119NO5/c1-3-5-7-9-11-13-15-17-19-21-22-23-24-25-27-28-31-35-39-43-47-51-55-61(66)60(59-65)64-62(67)56-52-48-44-40-36-32-30-34-38-42-46-50-54-58-69-63(68)57-53-49-45-41-37-33-29-26-20-18-16-14-12-10-8-6-4-2/h32,36,44,48,51,55,60-61,65-66H,3-31,33-35,37-43,45-47,49-50,52-54,56-59H2,1-2H3,(H,64,67)/b36-32-,48-44-,55-51+. The third kappa shape index (κ3) is 55.2. The average molecular weight is 971 g/mol. The van der Waals surface area contributed by atoms with Gasteiger partial charge < -0.3 is 20.3 Å². The fourth-order valence-corrected chi connectivity index (χ4v) is 9.45. The first-order chi connectivity index (χ1) is 34.0. The molecule has 0 saturated carbocycles. The predicted octanol–water partition coefficient (Wildman–Crippen LogP) is 19.2. The molecule has 0 heterocycles. The summed E-state index contributed by atoms with van der Waals surface area (Å²) in [4.78, 5) is 24.5. The topological polar surface area (TPSA) is 95.9 Å². The molecule has 0 rings (SSSR count). The average Bonchev–Trinajstić information content (AvgIpc) is 3.35. The second-order valence-corrected chi connectivity index (χ2v) is 21.0. The molecule has 0 fully saturated rings. The summed E-state index contributed by atoms with van der Waals surface area (Å²) < 4.78 is 5.47. The minimum absolute atomic E-state index is 0.0141. The van der Waals surface area contributed by atoms with E-state index in [4.69, 9.17) is 4.74 Å². The lowest BCUT2D eigenvalue weighted by molar-refractivity contribution is -0.143. The lowest BCUT2D eigenvalue weighted by Gasteiger charge is -2.19. The number of aliphatic hydroxyl groups excluding tert-OH is 2. The van der Waals surface area contributed by atoms with Crippen molar-refractivity contribution in [2.45, 2.75) is 341 Å². The fraction of sp³-hybridized carbons (Fsp3) is 0.873. The van der Waals surface area contributed by atoms with Crippen molar-refractivity contribution in [2.75, 3.05) is 13.2 Å². The summed E-state index contributed by atoms with van der Waals surface area (Å²) in [6.45, 7) is 4.87. The molecule has 0 aromatic rings. The Morgan fingerprint density at radius 2 is 0.739 bits per heavy atom. The second kappa shape index (κ2) is 58.6. The molecule has 0 aromatic heterocycles. The largest absolute Gasteiger partial charge is 0.466 e. The first-order valence-electron chi connectivity index (χ1n) is 30.8. The zero-order valence-corrected chi connectivity index (χ0v) is 46.3. The maximum Gasteiger partial charge on any atom is 0.305 e. The smallest absolute Gasteiger partial charge is 0.305 e. The highest BCUT2D eigenvalue weighted by atomic mass is 16.5. The Morgan fingerprint density at radius 1 is 0.406 bits per heavy atom. The van der Waals surface area contributed by atoms with Gasteiger partial charge in [-0.1, -0.05) is 301 Å². The molecule has 3 N–H and O–H groups in total. The number of amides is 1. The molecule has 0 aliphatic carbocycles. The van der Waals surface area contributed by atoms with E-state index in [1.165, 1.54) is 244 Å². The van der Waals surface area contributed by atoms with Gasteiger partial charge in [0.25, 0.3) is 0 Å². The molecular weight excluding hydrogens is 851 g/mol. The highest BCUT2D eigenvalue weighted by Gasteiger charge is 2.17. The Labute approximate surface area is 430 Å². The summed E-state index contributed by atoms with van der Waals surface area (Å²) in [5, 5.41) is 23.1. The van der Waals surface area contributed by atoms with Gasteiger partial charge in [0.05, 0.1) is 25.4 Å². The van der Waals surface area contributed by atoms with Crippen molar-refractivity contribution in [3.63, 3.8) is 0 Å². The van der Waals surface area contributed by atoms with Crippen LogP contribution in [0.25, 0.3) is 0 Å².